The van der Waals surface area contributed by atoms with Gasteiger partial charge in [-0.2, -0.15) is 0 Å². The first kappa shape index (κ1) is 16.0. The Kier molecular flexibility index (Phi) is 4.18. The standard InChI is InChI=1S/C23H27N3/c1-2-8-20-18(6-1)19-7-3-9-21(23(19)26-20)25-14-12-16-10-11-17-5-4-13-24-22(17)15-16/h1-2,6,8,10-11,15,21,24-26H,3-5,7,9,12-14H2. The zero-order valence-electron chi connectivity index (χ0n) is 15.3. The molecule has 0 saturated carbocycles. The van der Waals surface area contributed by atoms with Crippen LogP contribution in [0.5, 0.6) is 0 Å². The van der Waals surface area contributed by atoms with E-state index in [1.165, 1.54) is 71.1 Å². The predicted octanol–water partition coefficient (Wildman–Crippen LogP) is 4.74. The van der Waals surface area contributed by atoms with E-state index in [0.29, 0.717) is 6.04 Å². The molecular formula is C23H27N3. The lowest BCUT2D eigenvalue weighted by atomic mass is 9.91. The molecule has 0 saturated heterocycles. The molecule has 26 heavy (non-hydrogen) atoms. The monoisotopic (exact) mass is 345 g/mol. The fourth-order valence-electron chi connectivity index (χ4n) is 4.67. The number of hydrogen-bond acceptors (Lipinski definition) is 2. The Hall–Kier alpha value is -2.26. The molecular weight excluding hydrogens is 318 g/mol. The maximum absolute atomic E-state index is 3.82. The van der Waals surface area contributed by atoms with Crippen LogP contribution >= 0.6 is 0 Å². The van der Waals surface area contributed by atoms with E-state index in [4.69, 9.17) is 0 Å². The van der Waals surface area contributed by atoms with Gasteiger partial charge in [0.15, 0.2) is 0 Å². The Balaban J connectivity index is 1.28. The van der Waals surface area contributed by atoms with E-state index in [-0.39, 0.29) is 0 Å². The fourth-order valence-corrected chi connectivity index (χ4v) is 4.67. The Morgan fingerprint density at radius 1 is 1.04 bits per heavy atom. The summed E-state index contributed by atoms with van der Waals surface area (Å²) in [6.07, 6.45) is 7.25. The van der Waals surface area contributed by atoms with Crippen molar-refractivity contribution in [3.8, 4) is 0 Å². The lowest BCUT2D eigenvalue weighted by Crippen LogP contribution is -2.27. The van der Waals surface area contributed by atoms with Crippen LogP contribution in [0.25, 0.3) is 10.9 Å². The first-order chi connectivity index (χ1) is 12.9. The van der Waals surface area contributed by atoms with Crippen molar-refractivity contribution in [3.63, 3.8) is 0 Å². The van der Waals surface area contributed by atoms with Gasteiger partial charge in [0.2, 0.25) is 0 Å². The number of aryl methyl sites for hydroxylation is 2. The Morgan fingerprint density at radius 3 is 3.00 bits per heavy atom. The van der Waals surface area contributed by atoms with E-state index in [9.17, 15) is 0 Å². The zero-order valence-corrected chi connectivity index (χ0v) is 15.3. The van der Waals surface area contributed by atoms with Gasteiger partial charge in [-0.15, -0.1) is 0 Å². The summed E-state index contributed by atoms with van der Waals surface area (Å²) in [7, 11) is 0. The number of nitrogens with one attached hydrogen (secondary N) is 3. The highest BCUT2D eigenvalue weighted by molar-refractivity contribution is 5.85. The number of fused-ring (bicyclic) bond motifs is 4. The molecule has 5 rings (SSSR count). The molecule has 1 aromatic heterocycles. The number of para-hydroxylation sites is 1. The quantitative estimate of drug-likeness (QED) is 0.639. The van der Waals surface area contributed by atoms with Crippen molar-refractivity contribution < 1.29 is 0 Å². The Labute approximate surface area is 155 Å². The van der Waals surface area contributed by atoms with Crippen molar-refractivity contribution in [1.29, 1.82) is 0 Å². The average molecular weight is 345 g/mol. The van der Waals surface area contributed by atoms with E-state index >= 15 is 0 Å². The molecule has 0 bridgehead atoms. The molecule has 0 radical (unpaired) electrons. The van der Waals surface area contributed by atoms with Crippen LogP contribution in [0.4, 0.5) is 5.69 Å². The maximum atomic E-state index is 3.82. The highest BCUT2D eigenvalue weighted by Crippen LogP contribution is 2.34. The van der Waals surface area contributed by atoms with Gasteiger partial charge in [0, 0.05) is 34.9 Å². The van der Waals surface area contributed by atoms with Crippen LogP contribution in [0.15, 0.2) is 42.5 Å². The molecule has 2 aromatic carbocycles. The summed E-state index contributed by atoms with van der Waals surface area (Å²) in [6, 6.07) is 16.2. The third kappa shape index (κ3) is 2.90. The van der Waals surface area contributed by atoms with Gasteiger partial charge in [0.25, 0.3) is 0 Å². The summed E-state index contributed by atoms with van der Waals surface area (Å²) in [6.45, 7) is 2.14. The minimum atomic E-state index is 0.460. The third-order valence-electron chi connectivity index (χ3n) is 6.03. The van der Waals surface area contributed by atoms with E-state index in [1.54, 1.807) is 0 Å². The van der Waals surface area contributed by atoms with Crippen molar-refractivity contribution in [2.75, 3.05) is 18.4 Å². The second kappa shape index (κ2) is 6.81. The van der Waals surface area contributed by atoms with Gasteiger partial charge >= 0.3 is 0 Å². The second-order valence-electron chi connectivity index (χ2n) is 7.73. The molecule has 1 atom stereocenters. The van der Waals surface area contributed by atoms with Gasteiger partial charge < -0.3 is 15.6 Å². The van der Waals surface area contributed by atoms with Crippen molar-refractivity contribution >= 4 is 16.6 Å². The smallest absolute Gasteiger partial charge is 0.0476 e. The van der Waals surface area contributed by atoms with Crippen molar-refractivity contribution in [1.82, 2.24) is 10.3 Å². The molecule has 0 fully saturated rings. The van der Waals surface area contributed by atoms with Crippen LogP contribution < -0.4 is 10.6 Å². The van der Waals surface area contributed by atoms with Gasteiger partial charge in [0.05, 0.1) is 0 Å². The molecule has 134 valence electrons. The largest absolute Gasteiger partial charge is 0.385 e. The first-order valence-corrected chi connectivity index (χ1v) is 10.1. The normalized spacial score (nSPS) is 19.0. The number of hydrogen-bond donors (Lipinski definition) is 3. The van der Waals surface area contributed by atoms with Gasteiger partial charge in [-0.25, -0.2) is 0 Å². The molecule has 2 heterocycles. The van der Waals surface area contributed by atoms with E-state index < -0.39 is 0 Å². The summed E-state index contributed by atoms with van der Waals surface area (Å²) in [5.74, 6) is 0. The van der Waals surface area contributed by atoms with Crippen molar-refractivity contribution in [3.05, 3.63) is 64.8 Å². The van der Waals surface area contributed by atoms with Crippen LogP contribution in [0, 0.1) is 0 Å². The molecule has 3 aromatic rings. The molecule has 1 unspecified atom stereocenters. The van der Waals surface area contributed by atoms with Gasteiger partial charge in [0.1, 0.15) is 0 Å². The predicted molar refractivity (Wildman–Crippen MR) is 109 cm³/mol. The van der Waals surface area contributed by atoms with Crippen LogP contribution in [-0.2, 0) is 19.3 Å². The molecule has 3 N–H and O–H groups in total. The van der Waals surface area contributed by atoms with Gasteiger partial charge in [-0.3, -0.25) is 0 Å². The SMILES string of the molecule is c1ccc2c3c([nH]c2c1)C(NCCc1ccc2c(c1)NCCC2)CCC3. The van der Waals surface area contributed by atoms with E-state index in [1.807, 2.05) is 0 Å². The Morgan fingerprint density at radius 2 is 2.00 bits per heavy atom. The molecule has 3 nitrogen and oxygen atoms in total. The number of aromatic amines is 1. The summed E-state index contributed by atoms with van der Waals surface area (Å²) >= 11 is 0. The number of aromatic nitrogens is 1. The number of anilines is 1. The maximum Gasteiger partial charge on any atom is 0.0476 e. The molecule has 2 aliphatic rings. The van der Waals surface area contributed by atoms with Crippen molar-refractivity contribution in [2.24, 2.45) is 0 Å². The highest BCUT2D eigenvalue weighted by Gasteiger charge is 2.23. The fraction of sp³-hybridized carbons (Fsp3) is 0.391. The third-order valence-corrected chi connectivity index (χ3v) is 6.03. The topological polar surface area (TPSA) is 39.9 Å². The average Bonchev–Trinajstić information content (AvgIpc) is 3.08. The summed E-state index contributed by atoms with van der Waals surface area (Å²) in [4.78, 5) is 3.68. The minimum absolute atomic E-state index is 0.460. The summed E-state index contributed by atoms with van der Waals surface area (Å²) in [5.41, 5.74) is 8.49. The van der Waals surface area contributed by atoms with Crippen LogP contribution in [-0.4, -0.2) is 18.1 Å². The van der Waals surface area contributed by atoms with Crippen LogP contribution in [0.2, 0.25) is 0 Å². The van der Waals surface area contributed by atoms with Crippen LogP contribution in [0.3, 0.4) is 0 Å². The summed E-state index contributed by atoms with van der Waals surface area (Å²) < 4.78 is 0. The van der Waals surface area contributed by atoms with Gasteiger partial charge in [-0.1, -0.05) is 30.3 Å². The van der Waals surface area contributed by atoms with Crippen molar-refractivity contribution in [2.45, 2.75) is 44.6 Å². The minimum Gasteiger partial charge on any atom is -0.385 e. The number of benzene rings is 2. The number of rotatable bonds is 4. The molecule has 0 spiro atoms. The first-order valence-electron chi connectivity index (χ1n) is 10.1. The van der Waals surface area contributed by atoms with E-state index in [2.05, 4.69) is 58.1 Å². The Bertz CT molecular complexity index is 924. The molecule has 3 heteroatoms. The second-order valence-corrected chi connectivity index (χ2v) is 7.73. The van der Waals surface area contributed by atoms with E-state index in [0.717, 1.165) is 19.5 Å². The molecule has 1 aliphatic carbocycles. The molecule has 0 amide bonds. The van der Waals surface area contributed by atoms with Crippen LogP contribution in [0.1, 0.15) is 47.7 Å². The van der Waals surface area contributed by atoms with Gasteiger partial charge in [-0.05, 0) is 73.9 Å². The lowest BCUT2D eigenvalue weighted by Gasteiger charge is -2.24. The number of H-pyrrole nitrogens is 1. The zero-order chi connectivity index (χ0) is 17.3. The highest BCUT2D eigenvalue weighted by atomic mass is 14.9. The summed E-state index contributed by atoms with van der Waals surface area (Å²) in [5, 5.41) is 8.77. The lowest BCUT2D eigenvalue weighted by molar-refractivity contribution is 0.456. The molecule has 1 aliphatic heterocycles.